The molecule has 7 heteroatoms. The van der Waals surface area contributed by atoms with Gasteiger partial charge in [0.2, 0.25) is 0 Å². The molecule has 0 saturated heterocycles. The van der Waals surface area contributed by atoms with E-state index in [0.717, 1.165) is 31.5 Å². The third-order valence-electron chi connectivity index (χ3n) is 4.15. The maximum atomic E-state index is 12.8. The van der Waals surface area contributed by atoms with Crippen LogP contribution in [0.5, 0.6) is 0 Å². The molecule has 0 aromatic heterocycles. The van der Waals surface area contributed by atoms with E-state index in [0.29, 0.717) is 5.69 Å². The van der Waals surface area contributed by atoms with Crippen LogP contribution in [-0.2, 0) is 10.0 Å². The molecule has 0 aliphatic rings. The summed E-state index contributed by atoms with van der Waals surface area (Å²) in [5.41, 5.74) is 1.95. The molecule has 0 unspecified atom stereocenters. The quantitative estimate of drug-likeness (QED) is 0.672. The SMILES string of the molecule is CCCN(CCC)c1ccc(C(=O)O)cc1NS(=O)(=O)c1ccc(C)cc1. The fourth-order valence-electron chi connectivity index (χ4n) is 2.84. The highest BCUT2D eigenvalue weighted by Gasteiger charge is 2.20. The Labute approximate surface area is 160 Å². The Bertz CT molecular complexity index is 887. The summed E-state index contributed by atoms with van der Waals surface area (Å²) < 4.78 is 28.2. The number of rotatable bonds is 9. The van der Waals surface area contributed by atoms with Crippen LogP contribution in [0.15, 0.2) is 47.4 Å². The van der Waals surface area contributed by atoms with Gasteiger partial charge in [0.1, 0.15) is 0 Å². The van der Waals surface area contributed by atoms with Gasteiger partial charge in [-0.25, -0.2) is 13.2 Å². The van der Waals surface area contributed by atoms with Gasteiger partial charge < -0.3 is 10.0 Å². The van der Waals surface area contributed by atoms with Gasteiger partial charge in [-0.1, -0.05) is 31.5 Å². The second-order valence-electron chi connectivity index (χ2n) is 6.44. The zero-order valence-electron chi connectivity index (χ0n) is 15.9. The molecule has 0 fully saturated rings. The lowest BCUT2D eigenvalue weighted by Crippen LogP contribution is -2.27. The van der Waals surface area contributed by atoms with Crippen molar-refractivity contribution in [2.45, 2.75) is 38.5 Å². The van der Waals surface area contributed by atoms with Gasteiger partial charge in [-0.2, -0.15) is 0 Å². The van der Waals surface area contributed by atoms with Gasteiger partial charge in [-0.15, -0.1) is 0 Å². The highest BCUT2D eigenvalue weighted by molar-refractivity contribution is 7.92. The van der Waals surface area contributed by atoms with Gasteiger partial charge in [0.25, 0.3) is 10.0 Å². The highest BCUT2D eigenvalue weighted by atomic mass is 32.2. The van der Waals surface area contributed by atoms with Crippen LogP contribution in [0.1, 0.15) is 42.6 Å². The number of carbonyl (C=O) groups is 1. The largest absolute Gasteiger partial charge is 0.478 e. The highest BCUT2D eigenvalue weighted by Crippen LogP contribution is 2.30. The number of nitrogens with one attached hydrogen (secondary N) is 1. The van der Waals surface area contributed by atoms with Gasteiger partial charge in [0, 0.05) is 13.1 Å². The van der Waals surface area contributed by atoms with Crippen LogP contribution in [0, 0.1) is 6.92 Å². The minimum absolute atomic E-state index is 0.0355. The summed E-state index contributed by atoms with van der Waals surface area (Å²) in [6.45, 7) is 7.47. The van der Waals surface area contributed by atoms with Gasteiger partial charge in [0.15, 0.2) is 0 Å². The van der Waals surface area contributed by atoms with Crippen molar-refractivity contribution in [2.75, 3.05) is 22.7 Å². The van der Waals surface area contributed by atoms with Crippen molar-refractivity contribution in [1.29, 1.82) is 0 Å². The van der Waals surface area contributed by atoms with Crippen LogP contribution in [0.2, 0.25) is 0 Å². The number of benzene rings is 2. The van der Waals surface area contributed by atoms with Crippen LogP contribution >= 0.6 is 0 Å². The van der Waals surface area contributed by atoms with Gasteiger partial charge >= 0.3 is 5.97 Å². The third kappa shape index (κ3) is 5.23. The first-order valence-electron chi connectivity index (χ1n) is 9.00. The van der Waals surface area contributed by atoms with Crippen LogP contribution < -0.4 is 9.62 Å². The molecular formula is C20H26N2O4S. The molecule has 27 heavy (non-hydrogen) atoms. The van der Waals surface area contributed by atoms with Crippen LogP contribution in [0.25, 0.3) is 0 Å². The number of hydrogen-bond donors (Lipinski definition) is 2. The molecule has 2 aromatic carbocycles. The lowest BCUT2D eigenvalue weighted by atomic mass is 10.1. The minimum atomic E-state index is -3.83. The molecule has 0 heterocycles. The van der Waals surface area contributed by atoms with E-state index in [9.17, 15) is 18.3 Å². The zero-order valence-corrected chi connectivity index (χ0v) is 16.7. The molecule has 0 amide bonds. The van der Waals surface area contributed by atoms with Crippen molar-refractivity contribution in [3.63, 3.8) is 0 Å². The Hall–Kier alpha value is -2.54. The molecule has 0 atom stereocenters. The summed E-state index contributed by atoms with van der Waals surface area (Å²) in [4.78, 5) is 13.6. The van der Waals surface area contributed by atoms with Gasteiger partial charge in [0.05, 0.1) is 21.8 Å². The summed E-state index contributed by atoms with van der Waals surface area (Å²) in [7, 11) is -3.83. The lowest BCUT2D eigenvalue weighted by Gasteiger charge is -2.27. The molecule has 2 aromatic rings. The van der Waals surface area contributed by atoms with Crippen LogP contribution in [-0.4, -0.2) is 32.6 Å². The first kappa shape index (κ1) is 20.8. The summed E-state index contributed by atoms with van der Waals surface area (Å²) >= 11 is 0. The van der Waals surface area contributed by atoms with Crippen molar-refractivity contribution in [1.82, 2.24) is 0 Å². The predicted molar refractivity (Wildman–Crippen MR) is 108 cm³/mol. The van der Waals surface area contributed by atoms with Crippen LogP contribution in [0.4, 0.5) is 11.4 Å². The van der Waals surface area contributed by atoms with E-state index < -0.39 is 16.0 Å². The molecule has 2 N–H and O–H groups in total. The van der Waals surface area contributed by atoms with E-state index in [2.05, 4.69) is 9.62 Å². The van der Waals surface area contributed by atoms with E-state index in [1.165, 1.54) is 24.3 Å². The number of anilines is 2. The topological polar surface area (TPSA) is 86.7 Å². The predicted octanol–water partition coefficient (Wildman–Crippen LogP) is 4.12. The maximum Gasteiger partial charge on any atom is 0.335 e. The number of carboxylic acids is 1. The Morgan fingerprint density at radius 2 is 1.63 bits per heavy atom. The van der Waals surface area contributed by atoms with Crippen molar-refractivity contribution < 1.29 is 18.3 Å². The molecule has 0 aliphatic heterocycles. The molecular weight excluding hydrogens is 364 g/mol. The molecule has 0 spiro atoms. The normalized spacial score (nSPS) is 11.2. The first-order chi connectivity index (χ1) is 12.8. The van der Waals surface area contributed by atoms with Crippen molar-refractivity contribution in [3.8, 4) is 0 Å². The number of hydrogen-bond acceptors (Lipinski definition) is 4. The maximum absolute atomic E-state index is 12.8. The van der Waals surface area contributed by atoms with Crippen molar-refractivity contribution >= 4 is 27.4 Å². The van der Waals surface area contributed by atoms with E-state index in [1.54, 1.807) is 18.2 Å². The number of carboxylic acid groups (broad SMARTS) is 1. The van der Waals surface area contributed by atoms with Gasteiger partial charge in [-0.05, 0) is 50.1 Å². The average molecular weight is 391 g/mol. The summed E-state index contributed by atoms with van der Waals surface area (Å²) in [5.74, 6) is -1.10. The number of aromatic carboxylic acids is 1. The van der Waals surface area contributed by atoms with E-state index in [1.807, 2.05) is 20.8 Å². The van der Waals surface area contributed by atoms with Crippen LogP contribution in [0.3, 0.4) is 0 Å². The van der Waals surface area contributed by atoms with E-state index in [4.69, 9.17) is 0 Å². The lowest BCUT2D eigenvalue weighted by molar-refractivity contribution is 0.0697. The number of nitrogens with zero attached hydrogens (tertiary/aromatic N) is 1. The molecule has 0 radical (unpaired) electrons. The molecule has 146 valence electrons. The number of aryl methyl sites for hydroxylation is 1. The van der Waals surface area contributed by atoms with E-state index in [-0.39, 0.29) is 16.1 Å². The Morgan fingerprint density at radius 1 is 1.04 bits per heavy atom. The Kier molecular flexibility index (Phi) is 6.85. The summed E-state index contributed by atoms with van der Waals surface area (Å²) in [5, 5.41) is 9.30. The van der Waals surface area contributed by atoms with E-state index >= 15 is 0 Å². The Balaban J connectivity index is 2.49. The Morgan fingerprint density at radius 3 is 2.15 bits per heavy atom. The molecule has 0 bridgehead atoms. The summed E-state index contributed by atoms with van der Waals surface area (Å²) in [6.07, 6.45) is 1.79. The molecule has 0 aliphatic carbocycles. The average Bonchev–Trinajstić information content (AvgIpc) is 2.61. The number of sulfonamides is 1. The standard InChI is InChI=1S/C20H26N2O4S/c1-4-12-22(13-5-2)19-11-8-16(20(23)24)14-18(19)21-27(25,26)17-9-6-15(3)7-10-17/h6-11,14,21H,4-5,12-13H2,1-3H3,(H,23,24). The molecule has 2 rings (SSSR count). The fourth-order valence-corrected chi connectivity index (χ4v) is 3.91. The zero-order chi connectivity index (χ0) is 20.0. The van der Waals surface area contributed by atoms with Crippen molar-refractivity contribution in [3.05, 3.63) is 53.6 Å². The second-order valence-corrected chi connectivity index (χ2v) is 8.13. The van der Waals surface area contributed by atoms with Gasteiger partial charge in [-0.3, -0.25) is 4.72 Å². The molecule has 0 saturated carbocycles. The van der Waals surface area contributed by atoms with Crippen molar-refractivity contribution in [2.24, 2.45) is 0 Å². The second kappa shape index (κ2) is 8.90. The third-order valence-corrected chi connectivity index (χ3v) is 5.53. The fraction of sp³-hybridized carbons (Fsp3) is 0.350. The smallest absolute Gasteiger partial charge is 0.335 e. The molecule has 6 nitrogen and oxygen atoms in total. The first-order valence-corrected chi connectivity index (χ1v) is 10.5. The minimum Gasteiger partial charge on any atom is -0.478 e. The summed E-state index contributed by atoms with van der Waals surface area (Å²) in [6, 6.07) is 11.1. The monoisotopic (exact) mass is 390 g/mol.